The molecule has 1 N–H and O–H groups in total. The Morgan fingerprint density at radius 2 is 1.93 bits per heavy atom. The number of carbonyl (C=O) groups is 1. The third-order valence-corrected chi connectivity index (χ3v) is 4.92. The van der Waals surface area contributed by atoms with E-state index in [2.05, 4.69) is 34.5 Å². The maximum absolute atomic E-state index is 12.0. The summed E-state index contributed by atoms with van der Waals surface area (Å²) in [5.74, 6) is 0.316. The summed E-state index contributed by atoms with van der Waals surface area (Å²) in [6.07, 6.45) is 1.05. The van der Waals surface area contributed by atoms with Gasteiger partial charge in [0.15, 0.2) is 6.61 Å². The third-order valence-electron chi connectivity index (χ3n) is 4.92. The van der Waals surface area contributed by atoms with Gasteiger partial charge in [-0.1, -0.05) is 24.3 Å². The van der Waals surface area contributed by atoms with E-state index in [4.69, 9.17) is 9.15 Å². The van der Waals surface area contributed by atoms with Crippen molar-refractivity contribution in [2.45, 2.75) is 13.0 Å². The number of nitrogens with zero attached hydrogens (tertiary/aromatic N) is 1. The second-order valence-corrected chi connectivity index (χ2v) is 6.89. The number of rotatable bonds is 6. The first-order valence-electron chi connectivity index (χ1n) is 9.40. The van der Waals surface area contributed by atoms with Crippen LogP contribution in [0.2, 0.25) is 0 Å². The van der Waals surface area contributed by atoms with Crippen LogP contribution in [0.15, 0.2) is 63.8 Å². The lowest BCUT2D eigenvalue weighted by molar-refractivity contribution is -0.123. The number of benzene rings is 2. The standard InChI is InChI=1S/C22H22N2O4/c25-21(15-27-19-7-5-17-6-8-22(26)28-20(17)13-19)23-10-12-24-11-9-16-3-1-2-4-18(16)14-24/h1-8,13H,9-12,14-15H2,(H,23,25). The van der Waals surface area contributed by atoms with E-state index in [-0.39, 0.29) is 12.5 Å². The lowest BCUT2D eigenvalue weighted by atomic mass is 10.00. The van der Waals surface area contributed by atoms with Gasteiger partial charge in [-0.05, 0) is 35.7 Å². The zero-order valence-electron chi connectivity index (χ0n) is 15.5. The Kier molecular flexibility index (Phi) is 5.39. The molecule has 1 aromatic heterocycles. The topological polar surface area (TPSA) is 71.8 Å². The normalized spacial score (nSPS) is 13.9. The Hall–Kier alpha value is -3.12. The Balaban J connectivity index is 1.22. The summed E-state index contributed by atoms with van der Waals surface area (Å²) < 4.78 is 10.6. The minimum absolute atomic E-state index is 0.0780. The lowest BCUT2D eigenvalue weighted by Crippen LogP contribution is -2.39. The van der Waals surface area contributed by atoms with Crippen LogP contribution in [-0.2, 0) is 17.8 Å². The van der Waals surface area contributed by atoms with Crippen molar-refractivity contribution in [3.8, 4) is 5.75 Å². The molecule has 6 nitrogen and oxygen atoms in total. The zero-order valence-corrected chi connectivity index (χ0v) is 15.5. The molecular formula is C22H22N2O4. The summed E-state index contributed by atoms with van der Waals surface area (Å²) in [5, 5.41) is 3.70. The van der Waals surface area contributed by atoms with Crippen LogP contribution in [0.4, 0.5) is 0 Å². The van der Waals surface area contributed by atoms with Crippen molar-refractivity contribution >= 4 is 16.9 Å². The molecular weight excluding hydrogens is 356 g/mol. The second kappa shape index (κ2) is 8.27. The Morgan fingerprint density at radius 1 is 1.11 bits per heavy atom. The van der Waals surface area contributed by atoms with Crippen molar-refractivity contribution in [3.05, 3.63) is 76.1 Å². The molecule has 0 atom stereocenters. The maximum Gasteiger partial charge on any atom is 0.336 e. The van der Waals surface area contributed by atoms with Crippen molar-refractivity contribution in [2.75, 3.05) is 26.2 Å². The predicted molar refractivity (Wildman–Crippen MR) is 106 cm³/mol. The highest BCUT2D eigenvalue weighted by Gasteiger charge is 2.15. The SMILES string of the molecule is O=C(COc1ccc2ccc(=O)oc2c1)NCCN1CCc2ccccc2C1. The molecule has 144 valence electrons. The minimum Gasteiger partial charge on any atom is -0.484 e. The van der Waals surface area contributed by atoms with Gasteiger partial charge in [0.2, 0.25) is 0 Å². The lowest BCUT2D eigenvalue weighted by Gasteiger charge is -2.28. The molecule has 0 aliphatic carbocycles. The van der Waals surface area contributed by atoms with E-state index in [0.717, 1.165) is 31.4 Å². The molecule has 0 radical (unpaired) electrons. The first kappa shape index (κ1) is 18.3. The molecule has 1 aliphatic rings. The zero-order chi connectivity index (χ0) is 19.3. The highest BCUT2D eigenvalue weighted by Crippen LogP contribution is 2.19. The van der Waals surface area contributed by atoms with Crippen LogP contribution < -0.4 is 15.7 Å². The number of hydrogen-bond acceptors (Lipinski definition) is 5. The van der Waals surface area contributed by atoms with Gasteiger partial charge in [0, 0.05) is 43.7 Å². The molecule has 1 amide bonds. The summed E-state index contributed by atoms with van der Waals surface area (Å²) >= 11 is 0. The van der Waals surface area contributed by atoms with E-state index >= 15 is 0 Å². The van der Waals surface area contributed by atoms with Crippen molar-refractivity contribution in [1.82, 2.24) is 10.2 Å². The predicted octanol–water partition coefficient (Wildman–Crippen LogP) is 2.35. The average Bonchev–Trinajstić information content (AvgIpc) is 2.72. The van der Waals surface area contributed by atoms with Gasteiger partial charge < -0.3 is 14.5 Å². The van der Waals surface area contributed by atoms with Crippen LogP contribution in [0.5, 0.6) is 5.75 Å². The first-order valence-corrected chi connectivity index (χ1v) is 9.40. The fraction of sp³-hybridized carbons (Fsp3) is 0.273. The molecule has 0 saturated carbocycles. The first-order chi connectivity index (χ1) is 13.7. The van der Waals surface area contributed by atoms with Crippen LogP contribution in [0, 0.1) is 0 Å². The molecule has 6 heteroatoms. The van der Waals surface area contributed by atoms with Gasteiger partial charge in [0.1, 0.15) is 11.3 Å². The molecule has 0 spiro atoms. The van der Waals surface area contributed by atoms with Crippen LogP contribution in [0.1, 0.15) is 11.1 Å². The molecule has 1 aliphatic heterocycles. The molecule has 0 bridgehead atoms. The summed E-state index contributed by atoms with van der Waals surface area (Å²) in [6, 6.07) is 16.7. The van der Waals surface area contributed by atoms with Gasteiger partial charge >= 0.3 is 5.63 Å². The van der Waals surface area contributed by atoms with Gasteiger partial charge in [-0.15, -0.1) is 0 Å². The number of amides is 1. The molecule has 0 saturated heterocycles. The van der Waals surface area contributed by atoms with E-state index in [9.17, 15) is 9.59 Å². The van der Waals surface area contributed by atoms with E-state index in [1.54, 1.807) is 24.3 Å². The van der Waals surface area contributed by atoms with Crippen LogP contribution in [0.3, 0.4) is 0 Å². The van der Waals surface area contributed by atoms with Gasteiger partial charge in [-0.2, -0.15) is 0 Å². The highest BCUT2D eigenvalue weighted by atomic mass is 16.5. The number of hydrogen-bond donors (Lipinski definition) is 1. The number of fused-ring (bicyclic) bond motifs is 2. The summed E-state index contributed by atoms with van der Waals surface area (Å²) in [4.78, 5) is 25.7. The van der Waals surface area contributed by atoms with E-state index < -0.39 is 5.63 Å². The molecule has 0 unspecified atom stereocenters. The minimum atomic E-state index is -0.414. The molecule has 4 rings (SSSR count). The van der Waals surface area contributed by atoms with E-state index in [0.29, 0.717) is 17.9 Å². The van der Waals surface area contributed by atoms with Gasteiger partial charge in [0.25, 0.3) is 5.91 Å². The highest BCUT2D eigenvalue weighted by molar-refractivity contribution is 5.79. The molecule has 2 heterocycles. The number of nitrogens with one attached hydrogen (secondary N) is 1. The fourth-order valence-electron chi connectivity index (χ4n) is 3.43. The Morgan fingerprint density at radius 3 is 2.82 bits per heavy atom. The van der Waals surface area contributed by atoms with Crippen molar-refractivity contribution < 1.29 is 13.9 Å². The third kappa shape index (κ3) is 4.40. The quantitative estimate of drug-likeness (QED) is 0.667. The fourth-order valence-corrected chi connectivity index (χ4v) is 3.43. The Labute approximate surface area is 162 Å². The van der Waals surface area contributed by atoms with Crippen molar-refractivity contribution in [1.29, 1.82) is 0 Å². The average molecular weight is 378 g/mol. The van der Waals surface area contributed by atoms with E-state index in [1.165, 1.54) is 17.2 Å². The van der Waals surface area contributed by atoms with Gasteiger partial charge in [0.05, 0.1) is 0 Å². The number of ether oxygens (including phenoxy) is 1. The second-order valence-electron chi connectivity index (χ2n) is 6.89. The smallest absolute Gasteiger partial charge is 0.336 e. The Bertz CT molecular complexity index is 1040. The monoisotopic (exact) mass is 378 g/mol. The van der Waals surface area contributed by atoms with Gasteiger partial charge in [-0.25, -0.2) is 4.79 Å². The molecule has 28 heavy (non-hydrogen) atoms. The molecule has 2 aromatic carbocycles. The largest absolute Gasteiger partial charge is 0.484 e. The van der Waals surface area contributed by atoms with Crippen LogP contribution >= 0.6 is 0 Å². The molecule has 0 fully saturated rings. The van der Waals surface area contributed by atoms with Crippen LogP contribution in [0.25, 0.3) is 11.0 Å². The van der Waals surface area contributed by atoms with Crippen molar-refractivity contribution in [3.63, 3.8) is 0 Å². The summed E-state index contributed by atoms with van der Waals surface area (Å²) in [5.41, 5.74) is 2.81. The van der Waals surface area contributed by atoms with Gasteiger partial charge in [-0.3, -0.25) is 9.69 Å². The summed E-state index contributed by atoms with van der Waals surface area (Å²) in [7, 11) is 0. The van der Waals surface area contributed by atoms with E-state index in [1.807, 2.05) is 0 Å². The van der Waals surface area contributed by atoms with Crippen LogP contribution in [-0.4, -0.2) is 37.0 Å². The van der Waals surface area contributed by atoms with Crippen molar-refractivity contribution in [2.24, 2.45) is 0 Å². The molecule has 3 aromatic rings. The maximum atomic E-state index is 12.0. The summed E-state index contributed by atoms with van der Waals surface area (Å²) in [6.45, 7) is 3.24. The number of carbonyl (C=O) groups excluding carboxylic acids is 1.